The van der Waals surface area contributed by atoms with Crippen molar-refractivity contribution < 1.29 is 8.42 Å². The van der Waals surface area contributed by atoms with Crippen molar-refractivity contribution in [2.75, 3.05) is 14.1 Å². The van der Waals surface area contributed by atoms with Gasteiger partial charge in [-0.25, -0.2) is 18.5 Å². The maximum absolute atomic E-state index is 11.6. The van der Waals surface area contributed by atoms with Gasteiger partial charge in [0, 0.05) is 11.1 Å². The number of hydrogen-bond acceptors (Lipinski definition) is 5. The van der Waals surface area contributed by atoms with E-state index < -0.39 is 10.0 Å². The highest BCUT2D eigenvalue weighted by atomic mass is 32.2. The standard InChI is InChI=1S/C10H11N5O2S2/c1-14(2)10-9-12-8-6(15(9)13-18-10)4-3-5-7(8)19(11,16)17/h3-5H,1-2H3,(H2,11,16,17). The summed E-state index contributed by atoms with van der Waals surface area (Å²) in [4.78, 5) is 7.13. The van der Waals surface area contributed by atoms with Crippen LogP contribution in [0.25, 0.3) is 11.0 Å². The average Bonchev–Trinajstić information content (AvgIpc) is 2.84. The van der Waals surface area contributed by atoms with Crippen LogP contribution >= 0.6 is 0 Å². The van der Waals surface area contributed by atoms with Gasteiger partial charge in [-0.2, -0.15) is 4.68 Å². The fourth-order valence-electron chi connectivity index (χ4n) is 1.91. The van der Waals surface area contributed by atoms with Gasteiger partial charge in [0.2, 0.25) is 10.0 Å². The SMILES string of the molecule is CN(C)C1=S=Nn2c1nc1c(S(N)(=O)=O)cccc12. The Kier molecular flexibility index (Phi) is 2.61. The number of rotatable bonds is 1. The first-order chi connectivity index (χ1) is 8.89. The van der Waals surface area contributed by atoms with Crippen LogP contribution in [0.3, 0.4) is 0 Å². The lowest BCUT2D eigenvalue weighted by Crippen LogP contribution is -2.23. The molecular formula is C10H11N5O2S2. The van der Waals surface area contributed by atoms with Gasteiger partial charge in [-0.3, -0.25) is 4.90 Å². The second-order valence-electron chi connectivity index (χ2n) is 4.29. The molecule has 1 aromatic carbocycles. The van der Waals surface area contributed by atoms with E-state index in [1.165, 1.54) is 17.2 Å². The zero-order valence-corrected chi connectivity index (χ0v) is 11.9. The van der Waals surface area contributed by atoms with Crippen LogP contribution in [-0.4, -0.2) is 42.1 Å². The summed E-state index contributed by atoms with van der Waals surface area (Å²) in [5.41, 5.74) is 0.981. The molecule has 1 aliphatic heterocycles. The van der Waals surface area contributed by atoms with Gasteiger partial charge in [0.25, 0.3) is 0 Å². The first-order valence-electron chi connectivity index (χ1n) is 5.37. The molecular weight excluding hydrogens is 286 g/mol. The highest BCUT2D eigenvalue weighted by Gasteiger charge is 2.24. The van der Waals surface area contributed by atoms with E-state index in [-0.39, 0.29) is 4.90 Å². The minimum absolute atomic E-state index is 0.0187. The van der Waals surface area contributed by atoms with Crippen molar-refractivity contribution in [2.24, 2.45) is 9.61 Å². The monoisotopic (exact) mass is 297 g/mol. The van der Waals surface area contributed by atoms with Crippen LogP contribution in [0.5, 0.6) is 0 Å². The second-order valence-corrected chi connectivity index (χ2v) is 6.55. The molecule has 0 saturated carbocycles. The number of aromatic nitrogens is 2. The Morgan fingerprint density at radius 1 is 1.37 bits per heavy atom. The van der Waals surface area contributed by atoms with Gasteiger partial charge in [-0.15, -0.1) is 4.47 Å². The largest absolute Gasteiger partial charge is 0.268 e. The number of nitrogens with two attached hydrogens (primary N) is 1. The van der Waals surface area contributed by atoms with Gasteiger partial charge in [-0.05, 0) is 26.2 Å². The summed E-state index contributed by atoms with van der Waals surface area (Å²) in [5.74, 6) is 0.626. The fourth-order valence-corrected chi connectivity index (χ4v) is 3.30. The predicted octanol–water partition coefficient (Wildman–Crippen LogP) is -0.234. The van der Waals surface area contributed by atoms with Crippen molar-refractivity contribution in [1.29, 1.82) is 0 Å². The minimum Gasteiger partial charge on any atom is -0.268 e. The topological polar surface area (TPSA) is 93.6 Å². The van der Waals surface area contributed by atoms with Crippen molar-refractivity contribution in [3.63, 3.8) is 0 Å². The van der Waals surface area contributed by atoms with Crippen molar-refractivity contribution in [2.45, 2.75) is 4.90 Å². The maximum atomic E-state index is 11.6. The van der Waals surface area contributed by atoms with Gasteiger partial charge in [0.15, 0.2) is 5.82 Å². The van der Waals surface area contributed by atoms with E-state index in [2.05, 4.69) is 9.46 Å². The van der Waals surface area contributed by atoms with Crippen molar-refractivity contribution in [3.05, 3.63) is 24.0 Å². The van der Waals surface area contributed by atoms with E-state index in [0.29, 0.717) is 16.9 Å². The molecule has 0 unspecified atom stereocenters. The highest BCUT2D eigenvalue weighted by Crippen LogP contribution is 2.24. The van der Waals surface area contributed by atoms with Crippen molar-refractivity contribution >= 4 is 37.2 Å². The summed E-state index contributed by atoms with van der Waals surface area (Å²) < 4.78 is 29.0. The molecule has 0 amide bonds. The Morgan fingerprint density at radius 3 is 2.74 bits per heavy atom. The lowest BCUT2D eigenvalue weighted by atomic mass is 10.3. The third-order valence-electron chi connectivity index (χ3n) is 2.74. The Morgan fingerprint density at radius 2 is 2.11 bits per heavy atom. The molecule has 7 nitrogen and oxygen atoms in total. The smallest absolute Gasteiger partial charge is 0.240 e. The molecule has 19 heavy (non-hydrogen) atoms. The van der Waals surface area contributed by atoms with Gasteiger partial charge in [0.1, 0.15) is 15.4 Å². The molecule has 1 aliphatic rings. The van der Waals surface area contributed by atoms with E-state index in [9.17, 15) is 8.42 Å². The summed E-state index contributed by atoms with van der Waals surface area (Å²) in [6.45, 7) is 0. The summed E-state index contributed by atoms with van der Waals surface area (Å²) in [5, 5.41) is 5.21. The van der Waals surface area contributed by atoms with Crippen LogP contribution in [0, 0.1) is 0 Å². The molecule has 1 aromatic heterocycles. The lowest BCUT2D eigenvalue weighted by Gasteiger charge is -2.06. The van der Waals surface area contributed by atoms with E-state index in [1.807, 2.05) is 19.0 Å². The van der Waals surface area contributed by atoms with Gasteiger partial charge < -0.3 is 0 Å². The number of benzene rings is 1. The zero-order valence-electron chi connectivity index (χ0n) is 10.2. The molecule has 2 heterocycles. The molecule has 0 radical (unpaired) electrons. The Bertz CT molecular complexity index is 859. The fraction of sp³-hybridized carbons (Fsp3) is 0.200. The Balaban J connectivity index is 2.35. The van der Waals surface area contributed by atoms with Crippen LogP contribution in [0.2, 0.25) is 0 Å². The molecule has 0 saturated heterocycles. The average molecular weight is 297 g/mol. The van der Waals surface area contributed by atoms with E-state index in [1.54, 1.807) is 16.8 Å². The molecule has 0 bridgehead atoms. The second kappa shape index (κ2) is 3.97. The summed E-state index contributed by atoms with van der Waals surface area (Å²) in [6.07, 6.45) is 0. The number of imidazole rings is 1. The van der Waals surface area contributed by atoms with E-state index >= 15 is 0 Å². The van der Waals surface area contributed by atoms with Crippen molar-refractivity contribution in [3.8, 4) is 0 Å². The normalized spacial score (nSPS) is 14.6. The number of hydrogen-bond donors (Lipinski definition) is 1. The quantitative estimate of drug-likeness (QED) is 0.736. The third-order valence-corrected chi connectivity index (χ3v) is 4.65. The molecule has 0 aliphatic carbocycles. The maximum Gasteiger partial charge on any atom is 0.240 e. The Labute approximate surface area is 113 Å². The number of fused-ring (bicyclic) bond motifs is 3. The predicted molar refractivity (Wildman–Crippen MR) is 74.1 cm³/mol. The Hall–Kier alpha value is -1.55. The van der Waals surface area contributed by atoms with Crippen LogP contribution in [-0.2, 0) is 21.2 Å². The number of sulfonamides is 1. The molecule has 0 fully saturated rings. The van der Waals surface area contributed by atoms with Gasteiger partial charge in [0.05, 0.1) is 5.52 Å². The summed E-state index contributed by atoms with van der Waals surface area (Å²) in [7, 11) is -0.0371. The number of para-hydroxylation sites is 1. The van der Waals surface area contributed by atoms with Crippen LogP contribution < -0.4 is 5.14 Å². The van der Waals surface area contributed by atoms with Gasteiger partial charge in [-0.1, -0.05) is 6.07 Å². The summed E-state index contributed by atoms with van der Waals surface area (Å²) in [6, 6.07) is 4.84. The lowest BCUT2D eigenvalue weighted by molar-refractivity contribution is 0.598. The molecule has 0 atom stereocenters. The zero-order chi connectivity index (χ0) is 13.8. The summed E-state index contributed by atoms with van der Waals surface area (Å²) >= 11 is 1.30. The van der Waals surface area contributed by atoms with Crippen LogP contribution in [0.1, 0.15) is 5.82 Å². The van der Waals surface area contributed by atoms with Gasteiger partial charge >= 0.3 is 0 Å². The van der Waals surface area contributed by atoms with Crippen LogP contribution in [0.15, 0.2) is 27.6 Å². The van der Waals surface area contributed by atoms with E-state index in [0.717, 1.165) is 4.99 Å². The van der Waals surface area contributed by atoms with Crippen LogP contribution in [0.4, 0.5) is 0 Å². The molecule has 100 valence electrons. The number of nitrogens with zero attached hydrogens (tertiary/aromatic N) is 4. The molecule has 2 aromatic rings. The molecule has 2 N–H and O–H groups in total. The van der Waals surface area contributed by atoms with E-state index in [4.69, 9.17) is 5.14 Å². The highest BCUT2D eigenvalue weighted by molar-refractivity contribution is 7.89. The number of primary sulfonamides is 1. The molecule has 0 spiro atoms. The minimum atomic E-state index is -3.80. The molecule has 9 heteroatoms. The first kappa shape index (κ1) is 12.5. The molecule has 3 rings (SSSR count). The van der Waals surface area contributed by atoms with Crippen molar-refractivity contribution in [1.82, 2.24) is 14.6 Å². The third kappa shape index (κ3) is 1.82. The first-order valence-corrected chi connectivity index (χ1v) is 7.69.